The summed E-state index contributed by atoms with van der Waals surface area (Å²) < 4.78 is 0. The van der Waals surface area contributed by atoms with Crippen molar-refractivity contribution in [3.05, 3.63) is 0 Å². The lowest BCUT2D eigenvalue weighted by Crippen LogP contribution is -2.42. The Morgan fingerprint density at radius 3 is 2.50 bits per heavy atom. The summed E-state index contributed by atoms with van der Waals surface area (Å²) in [6.07, 6.45) is 3.44. The molecule has 0 aliphatic heterocycles. The van der Waals surface area contributed by atoms with E-state index >= 15 is 0 Å². The number of carbonyl (C=O) groups is 1. The number of primary amides is 1. The fourth-order valence-corrected chi connectivity index (χ4v) is 2.06. The second-order valence-electron chi connectivity index (χ2n) is 5.15. The highest BCUT2D eigenvalue weighted by Gasteiger charge is 2.29. The van der Waals surface area contributed by atoms with Gasteiger partial charge >= 0.3 is 0 Å². The van der Waals surface area contributed by atoms with Gasteiger partial charge in [0.2, 0.25) is 5.91 Å². The first-order valence-corrected chi connectivity index (χ1v) is 6.25. The number of nitrogens with zero attached hydrogens (tertiary/aromatic N) is 1. The third-order valence-electron chi connectivity index (χ3n) is 3.06. The number of nitrogens with two attached hydrogens (primary N) is 1. The van der Waals surface area contributed by atoms with E-state index in [9.17, 15) is 4.79 Å². The van der Waals surface area contributed by atoms with Gasteiger partial charge in [-0.1, -0.05) is 13.8 Å². The van der Waals surface area contributed by atoms with Crippen LogP contribution in [0.3, 0.4) is 0 Å². The summed E-state index contributed by atoms with van der Waals surface area (Å²) in [5.41, 5.74) is 5.31. The number of hydrogen-bond acceptors (Lipinski definition) is 3. The van der Waals surface area contributed by atoms with Crippen molar-refractivity contribution in [3.8, 4) is 0 Å². The second kappa shape index (κ2) is 6.21. The van der Waals surface area contributed by atoms with E-state index in [2.05, 4.69) is 24.1 Å². The van der Waals surface area contributed by atoms with Crippen molar-refractivity contribution >= 4 is 5.91 Å². The van der Waals surface area contributed by atoms with Crippen LogP contribution in [0.5, 0.6) is 0 Å². The van der Waals surface area contributed by atoms with Crippen molar-refractivity contribution in [1.82, 2.24) is 10.2 Å². The Bertz CT molecular complexity index is 226. The maximum atomic E-state index is 11.1. The Labute approximate surface area is 98.6 Å². The van der Waals surface area contributed by atoms with Gasteiger partial charge in [0.15, 0.2) is 0 Å². The normalized spacial score (nSPS) is 18.1. The van der Waals surface area contributed by atoms with Gasteiger partial charge < -0.3 is 16.0 Å². The van der Waals surface area contributed by atoms with Gasteiger partial charge in [-0.25, -0.2) is 0 Å². The third-order valence-corrected chi connectivity index (χ3v) is 3.06. The fourth-order valence-electron chi connectivity index (χ4n) is 2.06. The third kappa shape index (κ3) is 4.49. The molecule has 1 amide bonds. The van der Waals surface area contributed by atoms with Crippen molar-refractivity contribution in [2.75, 3.05) is 20.1 Å². The van der Waals surface area contributed by atoms with Gasteiger partial charge in [-0.15, -0.1) is 0 Å². The van der Waals surface area contributed by atoms with Gasteiger partial charge in [-0.3, -0.25) is 4.79 Å². The Balaban J connectivity index is 2.33. The molecule has 0 saturated heterocycles. The predicted molar refractivity (Wildman–Crippen MR) is 66.1 cm³/mol. The average molecular weight is 227 g/mol. The molecule has 1 atom stereocenters. The Hall–Kier alpha value is -0.610. The molecule has 0 bridgehead atoms. The largest absolute Gasteiger partial charge is 0.368 e. The van der Waals surface area contributed by atoms with E-state index in [0.29, 0.717) is 5.92 Å². The van der Waals surface area contributed by atoms with Crippen molar-refractivity contribution in [2.24, 2.45) is 11.7 Å². The number of carbonyl (C=O) groups excluding carboxylic acids is 1. The highest BCUT2D eigenvalue weighted by molar-refractivity contribution is 5.79. The number of nitrogens with one attached hydrogen (secondary N) is 1. The standard InChI is InChI=1S/C12H25N3O/c1-9(2)8-15(10-4-5-10)7-6-11(14-3)12(13)16/h9-11,14H,4-8H2,1-3H3,(H2,13,16). The van der Waals surface area contributed by atoms with Crippen LogP contribution in [0.2, 0.25) is 0 Å². The van der Waals surface area contributed by atoms with Crippen LogP contribution < -0.4 is 11.1 Å². The summed E-state index contributed by atoms with van der Waals surface area (Å²) in [5, 5.41) is 2.97. The fraction of sp³-hybridized carbons (Fsp3) is 0.917. The van der Waals surface area contributed by atoms with E-state index in [1.807, 2.05) is 0 Å². The maximum absolute atomic E-state index is 11.1. The van der Waals surface area contributed by atoms with E-state index in [1.165, 1.54) is 12.8 Å². The van der Waals surface area contributed by atoms with E-state index in [1.54, 1.807) is 7.05 Å². The summed E-state index contributed by atoms with van der Waals surface area (Å²) in [6.45, 7) is 6.56. The molecule has 16 heavy (non-hydrogen) atoms. The zero-order valence-corrected chi connectivity index (χ0v) is 10.7. The summed E-state index contributed by atoms with van der Waals surface area (Å²) in [6, 6.07) is 0.571. The highest BCUT2D eigenvalue weighted by Crippen LogP contribution is 2.27. The van der Waals surface area contributed by atoms with Gasteiger partial charge in [-0.05, 0) is 32.2 Å². The molecule has 0 spiro atoms. The zero-order chi connectivity index (χ0) is 12.1. The number of hydrogen-bond donors (Lipinski definition) is 2. The first-order valence-electron chi connectivity index (χ1n) is 6.25. The molecular formula is C12H25N3O. The van der Waals surface area contributed by atoms with Crippen molar-refractivity contribution < 1.29 is 4.79 Å². The molecule has 0 aromatic heterocycles. The second-order valence-corrected chi connectivity index (χ2v) is 5.15. The van der Waals surface area contributed by atoms with Gasteiger partial charge in [0.1, 0.15) is 0 Å². The molecule has 94 valence electrons. The minimum absolute atomic E-state index is 0.187. The molecule has 1 aliphatic carbocycles. The summed E-state index contributed by atoms with van der Waals surface area (Å²) in [4.78, 5) is 13.6. The minimum atomic E-state index is -0.247. The SMILES string of the molecule is CNC(CCN(CC(C)C)C1CC1)C(N)=O. The number of amides is 1. The smallest absolute Gasteiger partial charge is 0.234 e. The van der Waals surface area contributed by atoms with Crippen LogP contribution in [0, 0.1) is 5.92 Å². The molecule has 4 heteroatoms. The van der Waals surface area contributed by atoms with E-state index in [4.69, 9.17) is 5.73 Å². The molecule has 0 aromatic carbocycles. The first-order chi connectivity index (χ1) is 7.54. The first kappa shape index (κ1) is 13.5. The van der Waals surface area contributed by atoms with Crippen molar-refractivity contribution in [3.63, 3.8) is 0 Å². The molecule has 0 radical (unpaired) electrons. The lowest BCUT2D eigenvalue weighted by Gasteiger charge is -2.25. The Morgan fingerprint density at radius 1 is 1.50 bits per heavy atom. The molecule has 1 aliphatic rings. The average Bonchev–Trinajstić information content (AvgIpc) is 2.98. The van der Waals surface area contributed by atoms with Crippen LogP contribution in [0.1, 0.15) is 33.1 Å². The van der Waals surface area contributed by atoms with E-state index in [0.717, 1.165) is 25.6 Å². The molecule has 0 aromatic rings. The molecule has 3 N–H and O–H groups in total. The highest BCUT2D eigenvalue weighted by atomic mass is 16.1. The van der Waals surface area contributed by atoms with Gasteiger partial charge in [0.05, 0.1) is 6.04 Å². The topological polar surface area (TPSA) is 58.4 Å². The van der Waals surface area contributed by atoms with Crippen LogP contribution >= 0.6 is 0 Å². The quantitative estimate of drug-likeness (QED) is 0.637. The number of likely N-dealkylation sites (N-methyl/N-ethyl adjacent to an activating group) is 1. The van der Waals surface area contributed by atoms with Gasteiger partial charge in [0, 0.05) is 19.1 Å². The van der Waals surface area contributed by atoms with Gasteiger partial charge in [0.25, 0.3) is 0 Å². The summed E-state index contributed by atoms with van der Waals surface area (Å²) in [7, 11) is 1.79. The van der Waals surface area contributed by atoms with E-state index < -0.39 is 0 Å². The van der Waals surface area contributed by atoms with Crippen LogP contribution in [0.25, 0.3) is 0 Å². The van der Waals surface area contributed by atoms with Crippen LogP contribution in [0.4, 0.5) is 0 Å². The number of rotatable bonds is 8. The Morgan fingerprint density at radius 2 is 2.12 bits per heavy atom. The minimum Gasteiger partial charge on any atom is -0.368 e. The molecule has 1 fully saturated rings. The Kier molecular flexibility index (Phi) is 5.22. The van der Waals surface area contributed by atoms with Gasteiger partial charge in [-0.2, -0.15) is 0 Å². The van der Waals surface area contributed by atoms with Crippen LogP contribution in [0.15, 0.2) is 0 Å². The lowest BCUT2D eigenvalue weighted by atomic mass is 10.1. The van der Waals surface area contributed by atoms with Crippen LogP contribution in [-0.2, 0) is 4.79 Å². The molecular weight excluding hydrogens is 202 g/mol. The predicted octanol–water partition coefficient (Wildman–Crippen LogP) is 0.570. The van der Waals surface area contributed by atoms with Crippen molar-refractivity contribution in [2.45, 2.75) is 45.2 Å². The molecule has 1 unspecified atom stereocenters. The molecule has 0 heterocycles. The summed E-state index contributed by atoms with van der Waals surface area (Å²) in [5.74, 6) is 0.435. The monoisotopic (exact) mass is 227 g/mol. The zero-order valence-electron chi connectivity index (χ0n) is 10.7. The van der Waals surface area contributed by atoms with E-state index in [-0.39, 0.29) is 11.9 Å². The van der Waals surface area contributed by atoms with Crippen molar-refractivity contribution in [1.29, 1.82) is 0 Å². The maximum Gasteiger partial charge on any atom is 0.234 e. The van der Waals surface area contributed by atoms with Crippen LogP contribution in [-0.4, -0.2) is 43.0 Å². The molecule has 1 saturated carbocycles. The summed E-state index contributed by atoms with van der Waals surface area (Å²) >= 11 is 0. The molecule has 1 rings (SSSR count). The lowest BCUT2D eigenvalue weighted by molar-refractivity contribution is -0.120. The molecule has 4 nitrogen and oxygen atoms in total.